The number of hydrogen-bond acceptors (Lipinski definition) is 3. The smallest absolute Gasteiger partial charge is 0.188 e. The predicted molar refractivity (Wildman–Crippen MR) is 64.8 cm³/mol. The van der Waals surface area contributed by atoms with Crippen LogP contribution in [0.1, 0.15) is 39.0 Å². The van der Waals surface area contributed by atoms with Crippen LogP contribution < -0.4 is 11.1 Å². The number of unbranched alkanes of at least 4 members (excludes halogenated alkanes) is 4. The summed E-state index contributed by atoms with van der Waals surface area (Å²) in [5.74, 6) is 0.547. The molecule has 0 aromatic rings. The van der Waals surface area contributed by atoms with Gasteiger partial charge in [0, 0.05) is 13.6 Å². The highest BCUT2D eigenvalue weighted by Gasteiger charge is 1.89. The number of nitrogens with zero attached hydrogens (tertiary/aromatic N) is 1. The van der Waals surface area contributed by atoms with Crippen LogP contribution in [0.3, 0.4) is 0 Å². The highest BCUT2D eigenvalue weighted by molar-refractivity contribution is 5.77. The number of aliphatic imine (C=N–C) groups is 1. The van der Waals surface area contributed by atoms with E-state index in [0.717, 1.165) is 6.54 Å². The van der Waals surface area contributed by atoms with Crippen molar-refractivity contribution in [2.45, 2.75) is 39.0 Å². The Kier molecular flexibility index (Phi) is 16.2. The van der Waals surface area contributed by atoms with Crippen LogP contribution in [-0.2, 0) is 0 Å². The number of rotatable bonds is 6. The quantitative estimate of drug-likeness (QED) is 0.307. The van der Waals surface area contributed by atoms with Crippen LogP contribution in [-0.4, -0.2) is 25.6 Å². The van der Waals surface area contributed by atoms with Gasteiger partial charge in [0.15, 0.2) is 5.96 Å². The molecule has 0 atom stereocenters. The highest BCUT2D eigenvalue weighted by atomic mass is 15.1. The molecule has 0 saturated carbocycles. The van der Waals surface area contributed by atoms with Crippen molar-refractivity contribution in [1.82, 2.24) is 5.32 Å². The number of guanidine groups is 1. The molecule has 5 N–H and O–H groups in total. The van der Waals surface area contributed by atoms with Crippen molar-refractivity contribution < 1.29 is 0 Å². The van der Waals surface area contributed by atoms with E-state index >= 15 is 0 Å². The van der Waals surface area contributed by atoms with Gasteiger partial charge in [-0.15, -0.1) is 0 Å². The molecule has 0 spiro atoms. The maximum atomic E-state index is 5.62. The van der Waals surface area contributed by atoms with E-state index in [1.54, 1.807) is 7.05 Å². The van der Waals surface area contributed by atoms with Gasteiger partial charge in [0.2, 0.25) is 0 Å². The topological polar surface area (TPSA) is 98.1 Å². The number of hydrogen-bond donors (Lipinski definition) is 4. The summed E-state index contributed by atoms with van der Waals surface area (Å²) in [6, 6.07) is 1.25. The van der Waals surface area contributed by atoms with Crippen LogP contribution in [0.25, 0.3) is 0 Å². The maximum Gasteiger partial charge on any atom is 0.188 e. The van der Waals surface area contributed by atoms with E-state index in [9.17, 15) is 0 Å². The van der Waals surface area contributed by atoms with Crippen LogP contribution in [0.5, 0.6) is 0 Å². The molecule has 0 rings (SSSR count). The molecule has 5 heteroatoms. The van der Waals surface area contributed by atoms with Crippen LogP contribution >= 0.6 is 0 Å². The van der Waals surface area contributed by atoms with Crippen LogP contribution in [0.2, 0.25) is 0 Å². The summed E-state index contributed by atoms with van der Waals surface area (Å²) in [4.78, 5) is 3.81. The Labute approximate surface area is 92.2 Å². The lowest BCUT2D eigenvalue weighted by molar-refractivity contribution is 0.623. The number of nitrogens with two attached hydrogens (primary N) is 1. The second-order valence-electron chi connectivity index (χ2n) is 3.07. The van der Waals surface area contributed by atoms with E-state index in [2.05, 4.69) is 17.2 Å². The molecule has 0 radical (unpaired) electrons. The van der Waals surface area contributed by atoms with Gasteiger partial charge in [-0.1, -0.05) is 32.6 Å². The maximum absolute atomic E-state index is 5.62. The fourth-order valence-corrected chi connectivity index (χ4v) is 1.02. The minimum absolute atomic E-state index is 0.547. The van der Waals surface area contributed by atoms with E-state index < -0.39 is 0 Å². The van der Waals surface area contributed by atoms with Crippen molar-refractivity contribution in [2.75, 3.05) is 13.6 Å². The Hall–Kier alpha value is -1.35. The first-order valence-electron chi connectivity index (χ1n) is 5.27. The number of nitrogens with one attached hydrogen (secondary N) is 3. The lowest BCUT2D eigenvalue weighted by atomic mass is 10.1. The van der Waals surface area contributed by atoms with Crippen molar-refractivity contribution in [3.63, 3.8) is 0 Å². The van der Waals surface area contributed by atoms with Crippen molar-refractivity contribution in [2.24, 2.45) is 10.7 Å². The van der Waals surface area contributed by atoms with E-state index in [1.807, 2.05) is 0 Å². The molecule has 0 fully saturated rings. The van der Waals surface area contributed by atoms with Crippen LogP contribution in [0.4, 0.5) is 0 Å². The molecule has 0 unspecified atom stereocenters. The predicted octanol–water partition coefficient (Wildman–Crippen LogP) is 1.81. The third-order valence-corrected chi connectivity index (χ3v) is 1.83. The fraction of sp³-hybridized carbons (Fsp3) is 0.800. The van der Waals surface area contributed by atoms with E-state index in [-0.39, 0.29) is 0 Å². The van der Waals surface area contributed by atoms with Gasteiger partial charge >= 0.3 is 0 Å². The first kappa shape index (κ1) is 16.1. The molecule has 0 aliphatic rings. The second kappa shape index (κ2) is 15.1. The van der Waals surface area contributed by atoms with Gasteiger partial charge in [-0.3, -0.25) is 4.99 Å². The summed E-state index contributed by atoms with van der Waals surface area (Å²) in [5.41, 5.74) is 5.45. The van der Waals surface area contributed by atoms with E-state index in [0.29, 0.717) is 5.96 Å². The van der Waals surface area contributed by atoms with Gasteiger partial charge in [0.1, 0.15) is 0 Å². The summed E-state index contributed by atoms with van der Waals surface area (Å²) in [6.45, 7) is 3.17. The zero-order valence-electron chi connectivity index (χ0n) is 9.77. The largest absolute Gasteiger partial charge is 0.370 e. The third kappa shape index (κ3) is 19.2. The Morgan fingerprint density at radius 3 is 2.27 bits per heavy atom. The summed E-state index contributed by atoms with van der Waals surface area (Å²) < 4.78 is 0. The minimum Gasteiger partial charge on any atom is -0.370 e. The molecule has 0 aromatic heterocycles. The molecule has 0 aliphatic heterocycles. The summed E-state index contributed by atoms with van der Waals surface area (Å²) in [5, 5.41) is 14.3. The standard InChI is InChI=1S/C9H21N3.CH2N2/c1-3-4-5-6-7-8-12-9(10)11-2;2-1-3/h3-8H2,1-2H3,(H3,10,11,12);2-3H. The molecule has 0 aromatic carbocycles. The lowest BCUT2D eigenvalue weighted by Crippen LogP contribution is -2.31. The summed E-state index contributed by atoms with van der Waals surface area (Å²) in [6.07, 6.45) is 6.46. The normalized spacial score (nSPS) is 9.87. The Balaban J connectivity index is 0. The Morgan fingerprint density at radius 2 is 1.80 bits per heavy atom. The molecule has 0 heterocycles. The molecule has 0 aliphatic carbocycles. The monoisotopic (exact) mass is 213 g/mol. The third-order valence-electron chi connectivity index (χ3n) is 1.83. The molecular formula is C10H23N5. The van der Waals surface area contributed by atoms with Gasteiger partial charge < -0.3 is 11.1 Å². The first-order chi connectivity index (χ1) is 7.22. The van der Waals surface area contributed by atoms with E-state index in [1.165, 1.54) is 38.1 Å². The SMILES string of the molecule is CCCCCCCNC(N)=NC.N=C=N. The summed E-state index contributed by atoms with van der Waals surface area (Å²) in [7, 11) is 1.69. The molecule has 0 saturated heterocycles. The van der Waals surface area contributed by atoms with Crippen molar-refractivity contribution >= 4 is 12.0 Å². The van der Waals surface area contributed by atoms with Gasteiger partial charge in [-0.05, 0) is 6.42 Å². The molecular weight excluding hydrogens is 190 g/mol. The average Bonchev–Trinajstić information content (AvgIpc) is 2.24. The molecule has 0 bridgehead atoms. The minimum atomic E-state index is 0.547. The zero-order chi connectivity index (χ0) is 11.9. The van der Waals surface area contributed by atoms with Gasteiger partial charge in [-0.2, -0.15) is 0 Å². The average molecular weight is 213 g/mol. The summed E-state index contributed by atoms with van der Waals surface area (Å²) >= 11 is 0. The second-order valence-corrected chi connectivity index (χ2v) is 3.07. The molecule has 15 heavy (non-hydrogen) atoms. The fourth-order valence-electron chi connectivity index (χ4n) is 1.02. The highest BCUT2D eigenvalue weighted by Crippen LogP contribution is 2.00. The van der Waals surface area contributed by atoms with Crippen molar-refractivity contribution in [1.29, 1.82) is 10.8 Å². The Bertz CT molecular complexity index is 182. The van der Waals surface area contributed by atoms with Crippen LogP contribution in [0, 0.1) is 10.8 Å². The lowest BCUT2D eigenvalue weighted by Gasteiger charge is -2.03. The molecule has 0 amide bonds. The van der Waals surface area contributed by atoms with Gasteiger partial charge in [-0.25, -0.2) is 10.8 Å². The van der Waals surface area contributed by atoms with Crippen LogP contribution in [0.15, 0.2) is 4.99 Å². The van der Waals surface area contributed by atoms with E-state index in [4.69, 9.17) is 16.6 Å². The first-order valence-corrected chi connectivity index (χ1v) is 5.27. The zero-order valence-corrected chi connectivity index (χ0v) is 9.77. The van der Waals surface area contributed by atoms with Crippen molar-refractivity contribution in [3.05, 3.63) is 0 Å². The Morgan fingerprint density at radius 1 is 1.27 bits per heavy atom. The van der Waals surface area contributed by atoms with Crippen molar-refractivity contribution in [3.8, 4) is 0 Å². The van der Waals surface area contributed by atoms with Gasteiger partial charge in [0.05, 0.1) is 6.01 Å². The van der Waals surface area contributed by atoms with Gasteiger partial charge in [0.25, 0.3) is 0 Å². The molecule has 88 valence electrons. The molecule has 5 nitrogen and oxygen atoms in total.